The lowest BCUT2D eigenvalue weighted by Crippen LogP contribution is -2.30. The van der Waals surface area contributed by atoms with E-state index in [4.69, 9.17) is 14.2 Å². The minimum absolute atomic E-state index is 0.0762. The summed E-state index contributed by atoms with van der Waals surface area (Å²) in [6.45, 7) is 6.66. The van der Waals surface area contributed by atoms with Crippen molar-refractivity contribution in [2.45, 2.75) is 354 Å². The molecule has 6 heteroatoms. The van der Waals surface area contributed by atoms with Gasteiger partial charge in [0.1, 0.15) is 13.2 Å². The van der Waals surface area contributed by atoms with Crippen LogP contribution in [0.25, 0.3) is 0 Å². The molecule has 0 radical (unpaired) electrons. The molecule has 0 aliphatic rings. The van der Waals surface area contributed by atoms with Gasteiger partial charge in [-0.2, -0.15) is 0 Å². The second-order valence-corrected chi connectivity index (χ2v) is 22.0. The molecule has 74 heavy (non-hydrogen) atoms. The molecule has 0 saturated carbocycles. The fourth-order valence-electron chi connectivity index (χ4n) is 9.58. The van der Waals surface area contributed by atoms with Crippen LogP contribution < -0.4 is 0 Å². The maximum atomic E-state index is 12.9. The molecule has 0 amide bonds. The topological polar surface area (TPSA) is 78.9 Å². The van der Waals surface area contributed by atoms with Crippen molar-refractivity contribution in [1.82, 2.24) is 0 Å². The van der Waals surface area contributed by atoms with Gasteiger partial charge < -0.3 is 14.2 Å². The van der Waals surface area contributed by atoms with Crippen molar-refractivity contribution in [2.75, 3.05) is 13.2 Å². The first-order valence-corrected chi connectivity index (χ1v) is 32.6. The molecule has 0 aromatic heterocycles. The maximum Gasteiger partial charge on any atom is 0.306 e. The highest BCUT2D eigenvalue weighted by molar-refractivity contribution is 5.71. The Balaban J connectivity index is 4.36. The van der Waals surface area contributed by atoms with E-state index in [1.54, 1.807) is 0 Å². The van der Waals surface area contributed by atoms with Crippen LogP contribution in [0.3, 0.4) is 0 Å². The fraction of sp³-hybridized carbons (Fsp3) is 0.838. The highest BCUT2D eigenvalue weighted by Gasteiger charge is 2.19. The summed E-state index contributed by atoms with van der Waals surface area (Å²) < 4.78 is 17.0. The molecule has 6 nitrogen and oxygen atoms in total. The van der Waals surface area contributed by atoms with E-state index >= 15 is 0 Å². The number of carbonyl (C=O) groups excluding carboxylic acids is 3. The molecule has 0 aromatic carbocycles. The van der Waals surface area contributed by atoms with Crippen LogP contribution in [0.2, 0.25) is 0 Å². The standard InChI is InChI=1S/C68H124O6/c1-4-7-10-13-16-19-22-25-28-31-33-34-35-38-40-43-46-49-52-55-58-61-67(70)73-64-65(63-72-66(69)60-57-54-51-48-45-42-39-36-30-27-24-21-18-15-12-9-6-3)74-68(71)62-59-56-53-50-47-44-41-37-32-29-26-23-20-17-14-11-8-5-2/h22,25,27,29-33,65H,4-21,23-24,26,28,34-64H2,1-3H3/b25-22-,30-27-,32-29-,33-31-. The van der Waals surface area contributed by atoms with Crippen molar-refractivity contribution in [1.29, 1.82) is 0 Å². The van der Waals surface area contributed by atoms with E-state index in [-0.39, 0.29) is 31.1 Å². The summed E-state index contributed by atoms with van der Waals surface area (Å²) in [5.41, 5.74) is 0. The van der Waals surface area contributed by atoms with E-state index in [9.17, 15) is 14.4 Å². The van der Waals surface area contributed by atoms with Crippen LogP contribution in [-0.4, -0.2) is 37.2 Å². The normalized spacial score (nSPS) is 12.3. The number of ether oxygens (including phenoxy) is 3. The maximum absolute atomic E-state index is 12.9. The smallest absolute Gasteiger partial charge is 0.306 e. The highest BCUT2D eigenvalue weighted by Crippen LogP contribution is 2.16. The predicted molar refractivity (Wildman–Crippen MR) is 321 cm³/mol. The molecule has 1 atom stereocenters. The summed E-state index contributed by atoms with van der Waals surface area (Å²) in [6.07, 6.45) is 78.2. The largest absolute Gasteiger partial charge is 0.462 e. The molecule has 0 aliphatic heterocycles. The number of hydrogen-bond acceptors (Lipinski definition) is 6. The molecule has 1 unspecified atom stereocenters. The van der Waals surface area contributed by atoms with Crippen LogP contribution in [0.15, 0.2) is 48.6 Å². The van der Waals surface area contributed by atoms with E-state index < -0.39 is 6.10 Å². The monoisotopic (exact) mass is 1040 g/mol. The van der Waals surface area contributed by atoms with Crippen molar-refractivity contribution in [3.8, 4) is 0 Å². The molecule has 0 aliphatic carbocycles. The fourth-order valence-corrected chi connectivity index (χ4v) is 9.58. The Hall–Kier alpha value is -2.63. The quantitative estimate of drug-likeness (QED) is 0.0261. The first kappa shape index (κ1) is 71.4. The molecule has 0 spiro atoms. The molecule has 0 bridgehead atoms. The van der Waals surface area contributed by atoms with E-state index in [0.717, 1.165) is 64.2 Å². The van der Waals surface area contributed by atoms with Crippen molar-refractivity contribution >= 4 is 17.9 Å². The van der Waals surface area contributed by atoms with E-state index in [1.165, 1.54) is 244 Å². The summed E-state index contributed by atoms with van der Waals surface area (Å²) >= 11 is 0. The van der Waals surface area contributed by atoms with E-state index in [0.29, 0.717) is 19.3 Å². The van der Waals surface area contributed by atoms with Gasteiger partial charge in [-0.25, -0.2) is 0 Å². The van der Waals surface area contributed by atoms with Crippen LogP contribution in [-0.2, 0) is 28.6 Å². The summed E-state index contributed by atoms with van der Waals surface area (Å²) in [5.74, 6) is -0.868. The van der Waals surface area contributed by atoms with Crippen LogP contribution >= 0.6 is 0 Å². The lowest BCUT2D eigenvalue weighted by molar-refractivity contribution is -0.167. The number of hydrogen-bond donors (Lipinski definition) is 0. The molecule has 0 fully saturated rings. The molecule has 0 saturated heterocycles. The van der Waals surface area contributed by atoms with Crippen molar-refractivity contribution in [2.24, 2.45) is 0 Å². The Morgan fingerprint density at radius 2 is 0.486 bits per heavy atom. The predicted octanol–water partition coefficient (Wildman–Crippen LogP) is 22.2. The Labute approximate surface area is 460 Å². The minimum atomic E-state index is -0.779. The first-order valence-electron chi connectivity index (χ1n) is 32.6. The molecular formula is C68H124O6. The third kappa shape index (κ3) is 60.2. The van der Waals surface area contributed by atoms with Gasteiger partial charge in [-0.05, 0) is 103 Å². The zero-order chi connectivity index (χ0) is 53.6. The second kappa shape index (κ2) is 62.9. The molecule has 0 rings (SSSR count). The molecule has 0 aromatic rings. The molecule has 432 valence electrons. The minimum Gasteiger partial charge on any atom is -0.462 e. The van der Waals surface area contributed by atoms with Crippen LogP contribution in [0.5, 0.6) is 0 Å². The van der Waals surface area contributed by atoms with Crippen LogP contribution in [0, 0.1) is 0 Å². The summed E-state index contributed by atoms with van der Waals surface area (Å²) in [4.78, 5) is 38.4. The highest BCUT2D eigenvalue weighted by atomic mass is 16.6. The van der Waals surface area contributed by atoms with Gasteiger partial charge in [-0.1, -0.05) is 275 Å². The SMILES string of the molecule is CCCCCCC/C=C\C/C=C\CCCCCCCCCCCC(=O)OCC(COC(=O)CCCCCCCCC/C=C\CCCCCCCC)OC(=O)CCCCCCCCC/C=C\CCCCCCCCC. The van der Waals surface area contributed by atoms with Gasteiger partial charge in [0.25, 0.3) is 0 Å². The number of esters is 3. The van der Waals surface area contributed by atoms with Gasteiger partial charge in [0.05, 0.1) is 0 Å². The number of unbranched alkanes of at least 4 members (excludes halogenated alkanes) is 41. The molecular weight excluding hydrogens is 913 g/mol. The van der Waals surface area contributed by atoms with Crippen LogP contribution in [0.4, 0.5) is 0 Å². The van der Waals surface area contributed by atoms with Gasteiger partial charge in [0, 0.05) is 19.3 Å². The zero-order valence-corrected chi connectivity index (χ0v) is 49.6. The Kier molecular flexibility index (Phi) is 60.7. The Bertz CT molecular complexity index is 1280. The third-order valence-electron chi connectivity index (χ3n) is 14.5. The second-order valence-electron chi connectivity index (χ2n) is 22.0. The number of carbonyl (C=O) groups is 3. The molecule has 0 heterocycles. The van der Waals surface area contributed by atoms with Crippen molar-refractivity contribution in [3.05, 3.63) is 48.6 Å². The van der Waals surface area contributed by atoms with Gasteiger partial charge in [-0.3, -0.25) is 14.4 Å². The average Bonchev–Trinajstić information content (AvgIpc) is 3.40. The van der Waals surface area contributed by atoms with Crippen molar-refractivity contribution < 1.29 is 28.6 Å². The van der Waals surface area contributed by atoms with E-state index in [2.05, 4.69) is 69.4 Å². The first-order chi connectivity index (χ1) is 36.5. The Morgan fingerprint density at radius 3 is 0.757 bits per heavy atom. The average molecular weight is 1040 g/mol. The van der Waals surface area contributed by atoms with Gasteiger partial charge in [0.2, 0.25) is 0 Å². The van der Waals surface area contributed by atoms with Gasteiger partial charge in [0.15, 0.2) is 6.10 Å². The van der Waals surface area contributed by atoms with Crippen LogP contribution in [0.1, 0.15) is 348 Å². The summed E-state index contributed by atoms with van der Waals surface area (Å²) in [5, 5.41) is 0. The summed E-state index contributed by atoms with van der Waals surface area (Å²) in [6, 6.07) is 0. The summed E-state index contributed by atoms with van der Waals surface area (Å²) in [7, 11) is 0. The molecule has 0 N–H and O–H groups in total. The van der Waals surface area contributed by atoms with Crippen molar-refractivity contribution in [3.63, 3.8) is 0 Å². The number of allylic oxidation sites excluding steroid dienone is 8. The van der Waals surface area contributed by atoms with Gasteiger partial charge in [-0.15, -0.1) is 0 Å². The lowest BCUT2D eigenvalue weighted by atomic mass is 10.1. The lowest BCUT2D eigenvalue weighted by Gasteiger charge is -2.18. The third-order valence-corrected chi connectivity index (χ3v) is 14.5. The Morgan fingerprint density at radius 1 is 0.270 bits per heavy atom. The van der Waals surface area contributed by atoms with Gasteiger partial charge >= 0.3 is 17.9 Å². The van der Waals surface area contributed by atoms with E-state index in [1.807, 2.05) is 0 Å². The number of rotatable bonds is 60. The zero-order valence-electron chi connectivity index (χ0n) is 49.6.